The van der Waals surface area contributed by atoms with Gasteiger partial charge in [-0.1, -0.05) is 35.2 Å². The lowest BCUT2D eigenvalue weighted by Crippen LogP contribution is -2.13. The number of Topliss-reactive ketones (excluding diaryl/α,β-unsaturated/α-hetero) is 1. The summed E-state index contributed by atoms with van der Waals surface area (Å²) in [6.45, 7) is 3.24. The van der Waals surface area contributed by atoms with Crippen molar-refractivity contribution in [1.29, 1.82) is 0 Å². The minimum atomic E-state index is -0.177. The number of aromatic nitrogens is 2. The molecule has 0 amide bonds. The Hall–Kier alpha value is -1.44. The highest BCUT2D eigenvalue weighted by Crippen LogP contribution is 2.31. The molecule has 1 aromatic carbocycles. The molecular formula is C17H21N3O2S2. The van der Waals surface area contributed by atoms with E-state index in [1.807, 2.05) is 13.0 Å². The van der Waals surface area contributed by atoms with E-state index in [2.05, 4.69) is 27.6 Å². The summed E-state index contributed by atoms with van der Waals surface area (Å²) in [5.74, 6) is 0.152. The highest BCUT2D eigenvalue weighted by atomic mass is 32.2. The number of carbonyl (C=O) groups excluding carboxylic acids is 1. The average Bonchev–Trinajstić information content (AvgIpc) is 3.22. The van der Waals surface area contributed by atoms with Crippen LogP contribution in [0.4, 0.5) is 5.13 Å². The van der Waals surface area contributed by atoms with Crippen molar-refractivity contribution in [3.63, 3.8) is 0 Å². The fourth-order valence-electron chi connectivity index (χ4n) is 2.75. The van der Waals surface area contributed by atoms with Crippen LogP contribution in [0.5, 0.6) is 0 Å². The van der Waals surface area contributed by atoms with Crippen molar-refractivity contribution < 1.29 is 9.53 Å². The summed E-state index contributed by atoms with van der Waals surface area (Å²) < 4.78 is 5.79. The van der Waals surface area contributed by atoms with Crippen LogP contribution >= 0.6 is 23.1 Å². The molecule has 1 atom stereocenters. The second-order valence-electron chi connectivity index (χ2n) is 5.75. The number of aryl methyl sites for hydroxylation is 2. The van der Waals surface area contributed by atoms with E-state index in [1.54, 1.807) is 7.11 Å². The van der Waals surface area contributed by atoms with E-state index in [0.29, 0.717) is 13.2 Å². The predicted molar refractivity (Wildman–Crippen MR) is 98.4 cm³/mol. The van der Waals surface area contributed by atoms with Crippen molar-refractivity contribution in [3.8, 4) is 0 Å². The van der Waals surface area contributed by atoms with Gasteiger partial charge < -0.3 is 10.1 Å². The van der Waals surface area contributed by atoms with Crippen molar-refractivity contribution in [1.82, 2.24) is 10.2 Å². The van der Waals surface area contributed by atoms with Crippen LogP contribution in [-0.2, 0) is 17.6 Å². The molecule has 0 radical (unpaired) electrons. The van der Waals surface area contributed by atoms with Gasteiger partial charge in [0, 0.05) is 19.2 Å². The molecule has 1 heterocycles. The maximum atomic E-state index is 12.7. The zero-order valence-corrected chi connectivity index (χ0v) is 15.5. The maximum Gasteiger partial charge on any atom is 0.206 e. The molecule has 0 aliphatic heterocycles. The van der Waals surface area contributed by atoms with Crippen LogP contribution in [0.1, 0.15) is 34.8 Å². The molecule has 1 unspecified atom stereocenters. The fourth-order valence-corrected chi connectivity index (χ4v) is 4.75. The Bertz CT molecular complexity index is 718. The minimum Gasteiger partial charge on any atom is -0.383 e. The van der Waals surface area contributed by atoms with E-state index in [0.717, 1.165) is 27.9 Å². The molecule has 3 rings (SSSR count). The van der Waals surface area contributed by atoms with Gasteiger partial charge in [-0.15, -0.1) is 10.2 Å². The molecule has 0 fully saturated rings. The number of anilines is 1. The molecule has 1 aliphatic carbocycles. The normalized spacial score (nSPS) is 14.4. The fraction of sp³-hybridized carbons (Fsp3) is 0.471. The highest BCUT2D eigenvalue weighted by molar-refractivity contribution is 8.02. The van der Waals surface area contributed by atoms with Crippen LogP contribution in [0.15, 0.2) is 22.5 Å². The van der Waals surface area contributed by atoms with Gasteiger partial charge in [0.2, 0.25) is 5.13 Å². The molecule has 0 spiro atoms. The molecule has 5 nitrogen and oxygen atoms in total. The Morgan fingerprint density at radius 2 is 2.21 bits per heavy atom. The Labute approximate surface area is 150 Å². The van der Waals surface area contributed by atoms with Gasteiger partial charge in [-0.2, -0.15) is 0 Å². The van der Waals surface area contributed by atoms with Gasteiger partial charge in [-0.25, -0.2) is 0 Å². The van der Waals surface area contributed by atoms with E-state index in [9.17, 15) is 4.79 Å². The zero-order valence-electron chi connectivity index (χ0n) is 13.9. The number of thioether (sulfide) groups is 1. The second-order valence-corrected chi connectivity index (χ2v) is 8.32. The molecule has 0 bridgehead atoms. The van der Waals surface area contributed by atoms with Gasteiger partial charge >= 0.3 is 0 Å². The number of nitrogens with zero attached hydrogens (tertiary/aromatic N) is 2. The Morgan fingerprint density at radius 3 is 3.04 bits per heavy atom. The topological polar surface area (TPSA) is 64.1 Å². The smallest absolute Gasteiger partial charge is 0.206 e. The molecule has 1 aromatic heterocycles. The molecule has 128 valence electrons. The summed E-state index contributed by atoms with van der Waals surface area (Å²) >= 11 is 2.93. The maximum absolute atomic E-state index is 12.7. The molecule has 2 aromatic rings. The summed E-state index contributed by atoms with van der Waals surface area (Å²) in [6.07, 6.45) is 3.42. The number of ketones is 1. The van der Waals surface area contributed by atoms with Gasteiger partial charge in [-0.05, 0) is 43.4 Å². The number of hydrogen-bond acceptors (Lipinski definition) is 7. The van der Waals surface area contributed by atoms with Crippen LogP contribution in [0.25, 0.3) is 0 Å². The summed E-state index contributed by atoms with van der Waals surface area (Å²) in [5, 5.41) is 12.0. The third-order valence-electron chi connectivity index (χ3n) is 4.02. The zero-order chi connectivity index (χ0) is 16.9. The first-order chi connectivity index (χ1) is 11.7. The molecule has 1 aliphatic rings. The molecule has 0 saturated heterocycles. The van der Waals surface area contributed by atoms with Gasteiger partial charge in [0.1, 0.15) is 0 Å². The highest BCUT2D eigenvalue weighted by Gasteiger charge is 2.20. The van der Waals surface area contributed by atoms with Crippen LogP contribution in [0, 0.1) is 0 Å². The molecule has 7 heteroatoms. The average molecular weight is 364 g/mol. The Morgan fingerprint density at radius 1 is 1.38 bits per heavy atom. The number of benzene rings is 1. The number of carbonyl (C=O) groups is 1. The summed E-state index contributed by atoms with van der Waals surface area (Å²) in [7, 11) is 1.66. The summed E-state index contributed by atoms with van der Waals surface area (Å²) in [6, 6.07) is 6.14. The molecule has 0 saturated carbocycles. The molecule has 1 N–H and O–H groups in total. The third kappa shape index (κ3) is 4.15. The predicted octanol–water partition coefficient (Wildman–Crippen LogP) is 3.45. The van der Waals surface area contributed by atoms with Crippen molar-refractivity contribution in [2.45, 2.75) is 35.8 Å². The first-order valence-electron chi connectivity index (χ1n) is 8.06. The van der Waals surface area contributed by atoms with Crippen molar-refractivity contribution in [2.75, 3.05) is 25.6 Å². The largest absolute Gasteiger partial charge is 0.383 e. The minimum absolute atomic E-state index is 0.152. The lowest BCUT2D eigenvalue weighted by molar-refractivity contribution is 0.0994. The quantitative estimate of drug-likeness (QED) is 0.440. The van der Waals surface area contributed by atoms with E-state index in [4.69, 9.17) is 4.74 Å². The lowest BCUT2D eigenvalue weighted by Gasteiger charge is -2.09. The van der Waals surface area contributed by atoms with Crippen LogP contribution in [-0.4, -0.2) is 41.5 Å². The van der Waals surface area contributed by atoms with Crippen LogP contribution in [0.2, 0.25) is 0 Å². The van der Waals surface area contributed by atoms with Crippen LogP contribution < -0.4 is 5.32 Å². The van der Waals surface area contributed by atoms with Crippen molar-refractivity contribution in [2.24, 2.45) is 0 Å². The number of rotatable bonds is 8. The Kier molecular flexibility index (Phi) is 5.86. The van der Waals surface area contributed by atoms with E-state index in [1.165, 1.54) is 40.6 Å². The number of fused-ring (bicyclic) bond motifs is 1. The molecule has 24 heavy (non-hydrogen) atoms. The van der Waals surface area contributed by atoms with E-state index < -0.39 is 0 Å². The summed E-state index contributed by atoms with van der Waals surface area (Å²) in [4.78, 5) is 12.7. The number of hydrogen-bond donors (Lipinski definition) is 1. The standard InChI is InChI=1S/C17H21N3O2S2/c1-11(23-17-20-19-16(24-17)18-8-9-22-2)15(21)14-7-6-12-4-3-5-13(12)10-14/h6-7,10-11H,3-5,8-9H2,1-2H3,(H,18,19). The second kappa shape index (κ2) is 8.09. The van der Waals surface area contributed by atoms with Crippen molar-refractivity contribution >= 4 is 34.0 Å². The van der Waals surface area contributed by atoms with Crippen molar-refractivity contribution in [3.05, 3.63) is 34.9 Å². The van der Waals surface area contributed by atoms with Gasteiger partial charge in [0.25, 0.3) is 0 Å². The first-order valence-corrected chi connectivity index (χ1v) is 9.76. The first kappa shape index (κ1) is 17.4. The Balaban J connectivity index is 1.60. The van der Waals surface area contributed by atoms with Crippen LogP contribution in [0.3, 0.4) is 0 Å². The third-order valence-corrected chi connectivity index (χ3v) is 6.08. The lowest BCUT2D eigenvalue weighted by atomic mass is 10.0. The number of methoxy groups -OCH3 is 1. The monoisotopic (exact) mass is 363 g/mol. The van der Waals surface area contributed by atoms with Gasteiger partial charge in [0.05, 0.1) is 11.9 Å². The van der Waals surface area contributed by atoms with Gasteiger partial charge in [-0.3, -0.25) is 4.79 Å². The SMILES string of the molecule is COCCNc1nnc(SC(C)C(=O)c2ccc3c(c2)CCC3)s1. The number of ether oxygens (including phenoxy) is 1. The molecular weight excluding hydrogens is 342 g/mol. The van der Waals surface area contributed by atoms with E-state index >= 15 is 0 Å². The van der Waals surface area contributed by atoms with Gasteiger partial charge in [0.15, 0.2) is 10.1 Å². The number of nitrogens with one attached hydrogen (secondary N) is 1. The van der Waals surface area contributed by atoms with E-state index in [-0.39, 0.29) is 11.0 Å². The summed E-state index contributed by atoms with van der Waals surface area (Å²) in [5.41, 5.74) is 3.53.